The third kappa shape index (κ3) is 5.19. The van der Waals surface area contributed by atoms with Crippen LogP contribution in [0.2, 0.25) is 0 Å². The molecule has 1 unspecified atom stereocenters. The second kappa shape index (κ2) is 6.52. The topological polar surface area (TPSA) is 46.2 Å². The van der Waals surface area contributed by atoms with Crippen LogP contribution in [0.3, 0.4) is 0 Å². The number of hydrogen-bond donors (Lipinski definition) is 1. The fraction of sp³-hybridized carbons (Fsp3) is 0.667. The lowest BCUT2D eigenvalue weighted by molar-refractivity contribution is 0.553. The molecule has 5 heteroatoms. The SMILES string of the molecule is CC(Cc1cccs1)NCCS(=O)(=O)C(C)C. The first kappa shape index (κ1) is 14.7. The Morgan fingerprint density at radius 2 is 2.06 bits per heavy atom. The number of thiophene rings is 1. The molecule has 17 heavy (non-hydrogen) atoms. The molecule has 0 aliphatic rings. The molecule has 0 fully saturated rings. The summed E-state index contributed by atoms with van der Waals surface area (Å²) in [6, 6.07) is 4.46. The fourth-order valence-electron chi connectivity index (χ4n) is 1.49. The van der Waals surface area contributed by atoms with Crippen molar-refractivity contribution in [3.05, 3.63) is 22.4 Å². The van der Waals surface area contributed by atoms with Crippen LogP contribution in [-0.4, -0.2) is 32.0 Å². The summed E-state index contributed by atoms with van der Waals surface area (Å²) in [4.78, 5) is 1.33. The first-order chi connectivity index (χ1) is 7.92. The van der Waals surface area contributed by atoms with Crippen LogP contribution in [0.5, 0.6) is 0 Å². The van der Waals surface area contributed by atoms with Crippen molar-refractivity contribution >= 4 is 21.2 Å². The van der Waals surface area contributed by atoms with E-state index in [-0.39, 0.29) is 11.0 Å². The third-order valence-corrected chi connectivity index (χ3v) is 5.79. The molecule has 0 spiro atoms. The molecule has 0 aromatic carbocycles. The largest absolute Gasteiger partial charge is 0.313 e. The lowest BCUT2D eigenvalue weighted by Gasteiger charge is -2.13. The van der Waals surface area contributed by atoms with Gasteiger partial charge in [0.2, 0.25) is 0 Å². The maximum Gasteiger partial charge on any atom is 0.153 e. The minimum absolute atomic E-state index is 0.222. The van der Waals surface area contributed by atoms with Crippen LogP contribution in [0.25, 0.3) is 0 Å². The molecule has 0 aliphatic carbocycles. The minimum Gasteiger partial charge on any atom is -0.313 e. The molecule has 0 saturated heterocycles. The monoisotopic (exact) mass is 275 g/mol. The Balaban J connectivity index is 2.27. The summed E-state index contributed by atoms with van der Waals surface area (Å²) >= 11 is 1.74. The summed E-state index contributed by atoms with van der Waals surface area (Å²) in [5.41, 5.74) is 0. The van der Waals surface area contributed by atoms with Crippen molar-refractivity contribution < 1.29 is 8.42 Å². The molecular weight excluding hydrogens is 254 g/mol. The summed E-state index contributed by atoms with van der Waals surface area (Å²) < 4.78 is 23.2. The normalized spacial score (nSPS) is 14.1. The summed E-state index contributed by atoms with van der Waals surface area (Å²) in [6.45, 7) is 6.07. The van der Waals surface area contributed by atoms with Gasteiger partial charge in [0.05, 0.1) is 11.0 Å². The second-order valence-electron chi connectivity index (χ2n) is 4.55. The van der Waals surface area contributed by atoms with Crippen LogP contribution < -0.4 is 5.32 Å². The molecule has 1 rings (SSSR count). The highest BCUT2D eigenvalue weighted by atomic mass is 32.2. The van der Waals surface area contributed by atoms with Crippen molar-refractivity contribution in [2.24, 2.45) is 0 Å². The van der Waals surface area contributed by atoms with Gasteiger partial charge < -0.3 is 5.32 Å². The quantitative estimate of drug-likeness (QED) is 0.829. The van der Waals surface area contributed by atoms with E-state index in [2.05, 4.69) is 23.7 Å². The minimum atomic E-state index is -2.92. The van der Waals surface area contributed by atoms with Gasteiger partial charge in [-0.05, 0) is 38.6 Å². The van der Waals surface area contributed by atoms with Gasteiger partial charge in [0.15, 0.2) is 9.84 Å². The van der Waals surface area contributed by atoms with Crippen molar-refractivity contribution in [1.82, 2.24) is 5.32 Å². The molecule has 3 nitrogen and oxygen atoms in total. The summed E-state index contributed by atoms with van der Waals surface area (Å²) in [6.07, 6.45) is 0.958. The second-order valence-corrected chi connectivity index (χ2v) is 8.26. The van der Waals surface area contributed by atoms with Gasteiger partial charge in [-0.3, -0.25) is 0 Å². The highest BCUT2D eigenvalue weighted by Gasteiger charge is 2.15. The zero-order valence-electron chi connectivity index (χ0n) is 10.6. The maximum atomic E-state index is 11.6. The summed E-state index contributed by atoms with van der Waals surface area (Å²) in [5.74, 6) is 0.222. The van der Waals surface area contributed by atoms with Gasteiger partial charge in [0.25, 0.3) is 0 Å². The van der Waals surface area contributed by atoms with Crippen LogP contribution in [-0.2, 0) is 16.3 Å². The van der Waals surface area contributed by atoms with E-state index in [0.717, 1.165) is 6.42 Å². The predicted octanol–water partition coefficient (Wildman–Crippen LogP) is 2.09. The van der Waals surface area contributed by atoms with Crippen molar-refractivity contribution in [2.75, 3.05) is 12.3 Å². The van der Waals surface area contributed by atoms with Crippen molar-refractivity contribution in [2.45, 2.75) is 38.5 Å². The van der Waals surface area contributed by atoms with E-state index < -0.39 is 9.84 Å². The molecule has 0 saturated carbocycles. The van der Waals surface area contributed by atoms with Crippen LogP contribution in [0.1, 0.15) is 25.6 Å². The van der Waals surface area contributed by atoms with E-state index in [4.69, 9.17) is 0 Å². The lowest BCUT2D eigenvalue weighted by atomic mass is 10.2. The van der Waals surface area contributed by atoms with Gasteiger partial charge >= 0.3 is 0 Å². The van der Waals surface area contributed by atoms with E-state index in [1.807, 2.05) is 6.07 Å². The van der Waals surface area contributed by atoms with Crippen molar-refractivity contribution in [3.63, 3.8) is 0 Å². The number of sulfone groups is 1. The van der Waals surface area contributed by atoms with Gasteiger partial charge in [-0.2, -0.15) is 0 Å². The standard InChI is InChI=1S/C12H21NO2S2/c1-10(2)17(14,15)8-6-13-11(3)9-12-5-4-7-16-12/h4-5,7,10-11,13H,6,8-9H2,1-3H3. The molecular formula is C12H21NO2S2. The van der Waals surface area contributed by atoms with E-state index in [1.54, 1.807) is 25.2 Å². The molecule has 98 valence electrons. The molecule has 0 radical (unpaired) electrons. The van der Waals surface area contributed by atoms with E-state index in [9.17, 15) is 8.42 Å². The Bertz CT molecular complexity index is 410. The average Bonchev–Trinajstić information content (AvgIpc) is 2.69. The first-order valence-corrected chi connectivity index (χ1v) is 8.48. The highest BCUT2D eigenvalue weighted by Crippen LogP contribution is 2.10. The molecule has 0 amide bonds. The van der Waals surface area contributed by atoms with Gasteiger partial charge in [0, 0.05) is 17.5 Å². The Kier molecular flexibility index (Phi) is 5.62. The lowest BCUT2D eigenvalue weighted by Crippen LogP contribution is -2.34. The van der Waals surface area contributed by atoms with Crippen molar-refractivity contribution in [3.8, 4) is 0 Å². The first-order valence-electron chi connectivity index (χ1n) is 5.89. The molecule has 0 aliphatic heterocycles. The molecule has 1 N–H and O–H groups in total. The predicted molar refractivity (Wildman–Crippen MR) is 74.4 cm³/mol. The fourth-order valence-corrected chi connectivity index (χ4v) is 3.20. The van der Waals surface area contributed by atoms with E-state index in [0.29, 0.717) is 12.6 Å². The molecule has 1 aromatic heterocycles. The number of nitrogens with one attached hydrogen (secondary N) is 1. The van der Waals surface area contributed by atoms with Crippen molar-refractivity contribution in [1.29, 1.82) is 0 Å². The van der Waals surface area contributed by atoms with Gasteiger partial charge in [-0.25, -0.2) is 8.42 Å². The van der Waals surface area contributed by atoms with Crippen LogP contribution in [0, 0.1) is 0 Å². The summed E-state index contributed by atoms with van der Waals surface area (Å²) in [7, 11) is -2.92. The molecule has 1 aromatic rings. The zero-order valence-corrected chi connectivity index (χ0v) is 12.3. The molecule has 1 atom stereocenters. The van der Waals surface area contributed by atoms with E-state index in [1.165, 1.54) is 4.88 Å². The van der Waals surface area contributed by atoms with Gasteiger partial charge in [-0.15, -0.1) is 11.3 Å². The van der Waals surface area contributed by atoms with Gasteiger partial charge in [-0.1, -0.05) is 6.07 Å². The van der Waals surface area contributed by atoms with E-state index >= 15 is 0 Å². The maximum absolute atomic E-state index is 11.6. The van der Waals surface area contributed by atoms with Crippen LogP contribution in [0.4, 0.5) is 0 Å². The highest BCUT2D eigenvalue weighted by molar-refractivity contribution is 7.92. The number of rotatable bonds is 7. The van der Waals surface area contributed by atoms with Gasteiger partial charge in [0.1, 0.15) is 0 Å². The third-order valence-electron chi connectivity index (χ3n) is 2.69. The Morgan fingerprint density at radius 3 is 2.59 bits per heavy atom. The Morgan fingerprint density at radius 1 is 1.35 bits per heavy atom. The smallest absolute Gasteiger partial charge is 0.153 e. The molecule has 1 heterocycles. The van der Waals surface area contributed by atoms with Crippen LogP contribution >= 0.6 is 11.3 Å². The zero-order chi connectivity index (χ0) is 12.9. The summed E-state index contributed by atoms with van der Waals surface area (Å²) in [5, 5.41) is 5.04. The number of hydrogen-bond acceptors (Lipinski definition) is 4. The Labute approximate surface area is 108 Å². The Hall–Kier alpha value is -0.390. The van der Waals surface area contributed by atoms with Crippen LogP contribution in [0.15, 0.2) is 17.5 Å². The average molecular weight is 275 g/mol. The molecule has 0 bridgehead atoms.